The molecule has 0 saturated carbocycles. The Labute approximate surface area is 174 Å². The number of anilines is 1. The lowest BCUT2D eigenvalue weighted by molar-refractivity contribution is -0.133. The number of hydroxylamine groups is 1. The lowest BCUT2D eigenvalue weighted by Crippen LogP contribution is -2.58. The van der Waals surface area contributed by atoms with Crippen LogP contribution in [0.4, 0.5) is 10.5 Å². The van der Waals surface area contributed by atoms with Crippen molar-refractivity contribution in [2.45, 2.75) is 19.1 Å². The van der Waals surface area contributed by atoms with Gasteiger partial charge in [-0.3, -0.25) is 10.0 Å². The number of phenolic OH excluding ortho intramolecular Hbond substituents is 1. The molecule has 30 heavy (non-hydrogen) atoms. The van der Waals surface area contributed by atoms with Crippen LogP contribution in [-0.4, -0.2) is 70.6 Å². The number of benzene rings is 2. The van der Waals surface area contributed by atoms with E-state index in [1.165, 1.54) is 12.4 Å². The van der Waals surface area contributed by atoms with Gasteiger partial charge in [0.1, 0.15) is 11.8 Å². The number of urea groups is 1. The number of aliphatic hydroxyl groups is 1. The van der Waals surface area contributed by atoms with Gasteiger partial charge in [0.05, 0.1) is 6.10 Å². The lowest BCUT2D eigenvalue weighted by atomic mass is 10.0. The molecule has 0 spiro atoms. The summed E-state index contributed by atoms with van der Waals surface area (Å²) in [5.41, 5.74) is 4.55. The molecule has 0 aliphatic carbocycles. The molecule has 1 aliphatic rings. The van der Waals surface area contributed by atoms with Crippen LogP contribution in [0, 0.1) is 0 Å². The Morgan fingerprint density at radius 2 is 1.47 bits per heavy atom. The Bertz CT molecular complexity index is 862. The maximum Gasteiger partial charge on any atom is 0.318 e. The summed E-state index contributed by atoms with van der Waals surface area (Å²) >= 11 is 0. The number of rotatable bonds is 5. The number of amides is 3. The summed E-state index contributed by atoms with van der Waals surface area (Å²) in [7, 11) is 0. The molecule has 9 heteroatoms. The SMILES string of the molecule is C[C@H](O)[C@@H](NC(=O)N1CCN(c2ccc(-c3ccc(O)cc3)cc2)CC1)C(=O)NO. The molecule has 2 atom stereocenters. The van der Waals surface area contributed by atoms with Crippen molar-refractivity contribution in [1.82, 2.24) is 15.7 Å². The summed E-state index contributed by atoms with van der Waals surface area (Å²) in [6.07, 6.45) is -1.14. The number of aromatic hydroxyl groups is 1. The lowest BCUT2D eigenvalue weighted by Gasteiger charge is -2.36. The molecule has 3 rings (SSSR count). The quantitative estimate of drug-likeness (QED) is 0.369. The Balaban J connectivity index is 1.56. The standard InChI is InChI=1S/C21H26N4O5/c1-14(26)19(20(28)23-30)22-21(29)25-12-10-24(11-13-25)17-6-2-15(3-7-17)16-4-8-18(27)9-5-16/h2-9,14,19,26-27,30H,10-13H2,1H3,(H,22,29)(H,23,28)/t14-,19+/m0/s1. The third-order valence-electron chi connectivity index (χ3n) is 5.15. The summed E-state index contributed by atoms with van der Waals surface area (Å²) in [4.78, 5) is 27.7. The van der Waals surface area contributed by atoms with E-state index in [2.05, 4.69) is 10.2 Å². The zero-order valence-corrected chi connectivity index (χ0v) is 16.7. The summed E-state index contributed by atoms with van der Waals surface area (Å²) in [5, 5.41) is 30.3. The number of nitrogens with zero attached hydrogens (tertiary/aromatic N) is 2. The van der Waals surface area contributed by atoms with Gasteiger partial charge >= 0.3 is 6.03 Å². The Morgan fingerprint density at radius 1 is 0.933 bits per heavy atom. The number of hydrogen-bond donors (Lipinski definition) is 5. The van der Waals surface area contributed by atoms with Gasteiger partial charge in [-0.05, 0) is 42.3 Å². The molecule has 2 aromatic rings. The van der Waals surface area contributed by atoms with Crippen molar-refractivity contribution in [3.8, 4) is 16.9 Å². The highest BCUT2D eigenvalue weighted by atomic mass is 16.5. The fourth-order valence-electron chi connectivity index (χ4n) is 3.39. The average molecular weight is 414 g/mol. The molecule has 0 bridgehead atoms. The van der Waals surface area contributed by atoms with E-state index in [1.807, 2.05) is 36.4 Å². The molecular weight excluding hydrogens is 388 g/mol. The largest absolute Gasteiger partial charge is 0.508 e. The first-order valence-electron chi connectivity index (χ1n) is 9.71. The molecule has 5 N–H and O–H groups in total. The van der Waals surface area contributed by atoms with Crippen LogP contribution in [-0.2, 0) is 4.79 Å². The van der Waals surface area contributed by atoms with Crippen LogP contribution in [0.15, 0.2) is 48.5 Å². The molecule has 0 radical (unpaired) electrons. The van der Waals surface area contributed by atoms with Gasteiger partial charge in [-0.1, -0.05) is 24.3 Å². The predicted molar refractivity (Wildman–Crippen MR) is 111 cm³/mol. The van der Waals surface area contributed by atoms with Crippen molar-refractivity contribution in [1.29, 1.82) is 0 Å². The molecule has 3 amide bonds. The fourth-order valence-corrected chi connectivity index (χ4v) is 3.39. The minimum atomic E-state index is -1.23. The van der Waals surface area contributed by atoms with Gasteiger partial charge in [0.2, 0.25) is 0 Å². The first-order valence-corrected chi connectivity index (χ1v) is 9.71. The molecule has 9 nitrogen and oxygen atoms in total. The maximum absolute atomic E-state index is 12.4. The van der Waals surface area contributed by atoms with E-state index in [9.17, 15) is 19.8 Å². The average Bonchev–Trinajstić information content (AvgIpc) is 2.77. The van der Waals surface area contributed by atoms with Crippen LogP contribution in [0.3, 0.4) is 0 Å². The minimum Gasteiger partial charge on any atom is -0.508 e. The molecule has 1 fully saturated rings. The molecule has 0 unspecified atom stereocenters. The monoisotopic (exact) mass is 414 g/mol. The van der Waals surface area contributed by atoms with Gasteiger partial charge in [0.15, 0.2) is 0 Å². The van der Waals surface area contributed by atoms with Crippen molar-refractivity contribution >= 4 is 17.6 Å². The zero-order chi connectivity index (χ0) is 21.7. The van der Waals surface area contributed by atoms with Crippen molar-refractivity contribution in [3.63, 3.8) is 0 Å². The van der Waals surface area contributed by atoms with Crippen LogP contribution in [0.2, 0.25) is 0 Å². The number of nitrogens with one attached hydrogen (secondary N) is 2. The second-order valence-corrected chi connectivity index (χ2v) is 7.21. The van der Waals surface area contributed by atoms with Gasteiger partial charge in [0, 0.05) is 31.9 Å². The first-order chi connectivity index (χ1) is 14.4. The van der Waals surface area contributed by atoms with Gasteiger partial charge < -0.3 is 25.3 Å². The van der Waals surface area contributed by atoms with E-state index in [0.717, 1.165) is 16.8 Å². The maximum atomic E-state index is 12.4. The van der Waals surface area contributed by atoms with Crippen LogP contribution in [0.1, 0.15) is 6.92 Å². The van der Waals surface area contributed by atoms with Crippen molar-refractivity contribution in [3.05, 3.63) is 48.5 Å². The van der Waals surface area contributed by atoms with Crippen LogP contribution in [0.25, 0.3) is 11.1 Å². The van der Waals surface area contributed by atoms with Crippen LogP contribution >= 0.6 is 0 Å². The Hall–Kier alpha value is -3.30. The Kier molecular flexibility index (Phi) is 6.76. The second kappa shape index (κ2) is 9.47. The van der Waals surface area contributed by atoms with Crippen molar-refractivity contribution in [2.75, 3.05) is 31.1 Å². The molecule has 1 aliphatic heterocycles. The number of phenols is 1. The molecule has 1 heterocycles. The number of aliphatic hydroxyl groups excluding tert-OH is 1. The van der Waals surface area contributed by atoms with E-state index in [-0.39, 0.29) is 5.75 Å². The minimum absolute atomic E-state index is 0.231. The third kappa shape index (κ3) is 5.00. The fraction of sp³-hybridized carbons (Fsp3) is 0.333. The number of carbonyl (C=O) groups excluding carboxylic acids is 2. The molecule has 0 aromatic heterocycles. The van der Waals surface area contributed by atoms with E-state index >= 15 is 0 Å². The molecule has 160 valence electrons. The summed E-state index contributed by atoms with van der Waals surface area (Å²) < 4.78 is 0. The van der Waals surface area contributed by atoms with Gasteiger partial charge in [-0.15, -0.1) is 0 Å². The summed E-state index contributed by atoms with van der Waals surface area (Å²) in [6.45, 7) is 3.52. The number of piperazine rings is 1. The van der Waals surface area contributed by atoms with E-state index in [0.29, 0.717) is 26.2 Å². The molecule has 2 aromatic carbocycles. The molecule has 1 saturated heterocycles. The van der Waals surface area contributed by atoms with Crippen LogP contribution in [0.5, 0.6) is 5.75 Å². The third-order valence-corrected chi connectivity index (χ3v) is 5.15. The number of carbonyl (C=O) groups is 2. The second-order valence-electron chi connectivity index (χ2n) is 7.21. The summed E-state index contributed by atoms with van der Waals surface area (Å²) in [6, 6.07) is 13.4. The highest BCUT2D eigenvalue weighted by molar-refractivity contribution is 5.87. The summed E-state index contributed by atoms with van der Waals surface area (Å²) in [5.74, 6) is -0.639. The van der Waals surface area contributed by atoms with E-state index in [1.54, 1.807) is 17.0 Å². The van der Waals surface area contributed by atoms with Gasteiger partial charge in [-0.2, -0.15) is 0 Å². The highest BCUT2D eigenvalue weighted by Crippen LogP contribution is 2.25. The molecular formula is C21H26N4O5. The Morgan fingerprint density at radius 3 is 1.97 bits per heavy atom. The zero-order valence-electron chi connectivity index (χ0n) is 16.7. The normalized spacial score (nSPS) is 16.0. The van der Waals surface area contributed by atoms with Gasteiger partial charge in [0.25, 0.3) is 5.91 Å². The van der Waals surface area contributed by atoms with Crippen LogP contribution < -0.4 is 15.7 Å². The highest BCUT2D eigenvalue weighted by Gasteiger charge is 2.29. The smallest absolute Gasteiger partial charge is 0.318 e. The first kappa shape index (κ1) is 21.4. The van der Waals surface area contributed by atoms with Crippen molar-refractivity contribution < 1.29 is 25.0 Å². The topological polar surface area (TPSA) is 125 Å². The number of hydrogen-bond acceptors (Lipinski definition) is 6. The van der Waals surface area contributed by atoms with E-state index in [4.69, 9.17) is 5.21 Å². The van der Waals surface area contributed by atoms with Crippen molar-refractivity contribution in [2.24, 2.45) is 0 Å². The predicted octanol–water partition coefficient (Wildman–Crippen LogP) is 1.15. The van der Waals surface area contributed by atoms with E-state index < -0.39 is 24.1 Å². The van der Waals surface area contributed by atoms with Gasteiger partial charge in [-0.25, -0.2) is 10.3 Å².